The van der Waals surface area contributed by atoms with Crippen molar-refractivity contribution in [3.8, 4) is 0 Å². The molecule has 0 spiro atoms. The van der Waals surface area contributed by atoms with Gasteiger partial charge < -0.3 is 4.74 Å². The second-order valence-electron chi connectivity index (χ2n) is 7.72. The van der Waals surface area contributed by atoms with E-state index in [-0.39, 0.29) is 22.3 Å². The maximum absolute atomic E-state index is 12.9. The van der Waals surface area contributed by atoms with E-state index in [1.54, 1.807) is 36.4 Å². The summed E-state index contributed by atoms with van der Waals surface area (Å²) in [6.07, 6.45) is 2.91. The summed E-state index contributed by atoms with van der Waals surface area (Å²) in [6.45, 7) is 6.63. The number of hydrogen-bond donors (Lipinski definition) is 2. The lowest BCUT2D eigenvalue weighted by Gasteiger charge is -2.12. The predicted molar refractivity (Wildman–Crippen MR) is 133 cm³/mol. The van der Waals surface area contributed by atoms with E-state index in [4.69, 9.17) is 4.74 Å². The molecule has 1 heterocycles. The van der Waals surface area contributed by atoms with Crippen molar-refractivity contribution in [3.05, 3.63) is 70.7 Å². The first-order valence-electron chi connectivity index (χ1n) is 10.8. The van der Waals surface area contributed by atoms with Crippen molar-refractivity contribution in [2.24, 2.45) is 0 Å². The number of carbonyl (C=O) groups is 1. The second-order valence-corrected chi connectivity index (χ2v) is 10.3. The summed E-state index contributed by atoms with van der Waals surface area (Å²) in [5.41, 5.74) is 2.29. The quantitative estimate of drug-likeness (QED) is 0.385. The molecule has 3 aromatic rings. The van der Waals surface area contributed by atoms with Gasteiger partial charge >= 0.3 is 0 Å². The number of aryl methyl sites for hydroxylation is 2. The number of benzene rings is 2. The molecular weight excluding hydrogens is 458 g/mol. The fourth-order valence-electron chi connectivity index (χ4n) is 3.27. The number of sulfonamides is 1. The average molecular weight is 488 g/mol. The molecule has 7 nitrogen and oxygen atoms in total. The molecule has 0 saturated carbocycles. The summed E-state index contributed by atoms with van der Waals surface area (Å²) >= 11 is 1.35. The van der Waals surface area contributed by atoms with Crippen LogP contribution in [0.15, 0.2) is 58.8 Å². The standard InChI is InChI=1S/C24H29N3O4S2/c1-4-31-18(3)8-7-9-19-16-32-24(25-19)26-23(28)21-10-5-6-11-22(21)27-33(29,30)20-14-12-17(2)13-15-20/h5-6,10-16,18,27H,4,7-9H2,1-3H3,(H,25,26,28). The molecule has 2 aromatic carbocycles. The van der Waals surface area contributed by atoms with E-state index < -0.39 is 15.9 Å². The SMILES string of the molecule is CCOC(C)CCCc1csc(NC(=O)c2ccccc2NS(=O)(=O)c2ccc(C)cc2)n1. The number of thiazole rings is 1. The Morgan fingerprint density at radius 3 is 2.61 bits per heavy atom. The van der Waals surface area contributed by atoms with E-state index in [0.29, 0.717) is 11.7 Å². The van der Waals surface area contributed by atoms with Gasteiger partial charge in [-0.2, -0.15) is 0 Å². The Morgan fingerprint density at radius 2 is 1.88 bits per heavy atom. The highest BCUT2D eigenvalue weighted by molar-refractivity contribution is 7.92. The number of nitrogens with zero attached hydrogens (tertiary/aromatic N) is 1. The van der Waals surface area contributed by atoms with Crippen LogP contribution in [0.4, 0.5) is 10.8 Å². The molecule has 0 aliphatic heterocycles. The molecule has 1 aromatic heterocycles. The van der Waals surface area contributed by atoms with E-state index in [1.807, 2.05) is 19.2 Å². The Hall–Kier alpha value is -2.75. The van der Waals surface area contributed by atoms with Gasteiger partial charge in [-0.3, -0.25) is 14.8 Å². The highest BCUT2D eigenvalue weighted by atomic mass is 32.2. The zero-order valence-corrected chi connectivity index (χ0v) is 20.6. The number of para-hydroxylation sites is 1. The summed E-state index contributed by atoms with van der Waals surface area (Å²) in [6, 6.07) is 13.0. The third-order valence-corrected chi connectivity index (χ3v) is 7.20. The maximum atomic E-state index is 12.9. The molecular formula is C24H29N3O4S2. The molecule has 0 saturated heterocycles. The molecule has 1 unspecified atom stereocenters. The minimum Gasteiger partial charge on any atom is -0.379 e. The van der Waals surface area contributed by atoms with Gasteiger partial charge in [0.25, 0.3) is 15.9 Å². The van der Waals surface area contributed by atoms with Gasteiger partial charge in [-0.15, -0.1) is 11.3 Å². The molecule has 1 atom stereocenters. The largest absolute Gasteiger partial charge is 0.379 e. The molecule has 0 aliphatic carbocycles. The molecule has 0 radical (unpaired) electrons. The molecule has 0 fully saturated rings. The number of anilines is 2. The Bertz CT molecular complexity index is 1170. The van der Waals surface area contributed by atoms with Gasteiger partial charge in [0.2, 0.25) is 0 Å². The Labute approximate surface area is 199 Å². The number of nitrogens with one attached hydrogen (secondary N) is 2. The number of rotatable bonds is 11. The van der Waals surface area contributed by atoms with Crippen molar-refractivity contribution in [1.29, 1.82) is 0 Å². The molecule has 3 rings (SSSR count). The lowest BCUT2D eigenvalue weighted by Crippen LogP contribution is -2.18. The van der Waals surface area contributed by atoms with Gasteiger partial charge in [0.1, 0.15) is 0 Å². The van der Waals surface area contributed by atoms with E-state index in [0.717, 1.165) is 30.5 Å². The summed E-state index contributed by atoms with van der Waals surface area (Å²) in [7, 11) is -3.83. The minimum atomic E-state index is -3.83. The van der Waals surface area contributed by atoms with Gasteiger partial charge in [0.15, 0.2) is 5.13 Å². The second kappa shape index (κ2) is 11.4. The molecule has 0 bridgehead atoms. The fourth-order valence-corrected chi connectivity index (χ4v) is 5.09. The van der Waals surface area contributed by atoms with Crippen LogP contribution in [-0.4, -0.2) is 32.0 Å². The van der Waals surface area contributed by atoms with Crippen LogP contribution in [0.25, 0.3) is 0 Å². The van der Waals surface area contributed by atoms with Gasteiger partial charge in [-0.05, 0) is 64.3 Å². The van der Waals surface area contributed by atoms with Crippen LogP contribution >= 0.6 is 11.3 Å². The number of hydrogen-bond acceptors (Lipinski definition) is 6. The van der Waals surface area contributed by atoms with E-state index in [9.17, 15) is 13.2 Å². The van der Waals surface area contributed by atoms with Gasteiger partial charge in [-0.1, -0.05) is 29.8 Å². The highest BCUT2D eigenvalue weighted by Crippen LogP contribution is 2.23. The van der Waals surface area contributed by atoms with Gasteiger partial charge in [0.05, 0.1) is 27.9 Å². The lowest BCUT2D eigenvalue weighted by molar-refractivity contribution is 0.0689. The monoisotopic (exact) mass is 487 g/mol. The highest BCUT2D eigenvalue weighted by Gasteiger charge is 2.19. The van der Waals surface area contributed by atoms with Crippen LogP contribution in [0.5, 0.6) is 0 Å². The van der Waals surface area contributed by atoms with Crippen molar-refractivity contribution in [1.82, 2.24) is 4.98 Å². The minimum absolute atomic E-state index is 0.131. The van der Waals surface area contributed by atoms with Crippen LogP contribution in [0, 0.1) is 6.92 Å². The van der Waals surface area contributed by atoms with Crippen LogP contribution in [0.3, 0.4) is 0 Å². The van der Waals surface area contributed by atoms with Crippen LogP contribution in [0.2, 0.25) is 0 Å². The average Bonchev–Trinajstić information content (AvgIpc) is 3.21. The van der Waals surface area contributed by atoms with E-state index in [1.165, 1.54) is 23.5 Å². The number of carbonyl (C=O) groups excluding carboxylic acids is 1. The lowest BCUT2D eigenvalue weighted by atomic mass is 10.1. The van der Waals surface area contributed by atoms with Crippen molar-refractivity contribution < 1.29 is 17.9 Å². The zero-order chi connectivity index (χ0) is 23.8. The first-order valence-corrected chi connectivity index (χ1v) is 13.2. The molecule has 33 heavy (non-hydrogen) atoms. The first-order chi connectivity index (χ1) is 15.8. The normalized spacial score (nSPS) is 12.3. The van der Waals surface area contributed by atoms with Crippen molar-refractivity contribution in [3.63, 3.8) is 0 Å². The van der Waals surface area contributed by atoms with Crippen LogP contribution in [0.1, 0.15) is 48.3 Å². The Balaban J connectivity index is 1.66. The van der Waals surface area contributed by atoms with E-state index >= 15 is 0 Å². The van der Waals surface area contributed by atoms with Crippen LogP contribution in [-0.2, 0) is 21.2 Å². The zero-order valence-electron chi connectivity index (χ0n) is 19.0. The summed E-state index contributed by atoms with van der Waals surface area (Å²) in [5.74, 6) is -0.428. The van der Waals surface area contributed by atoms with Crippen LogP contribution < -0.4 is 10.0 Å². The van der Waals surface area contributed by atoms with Crippen molar-refractivity contribution in [2.45, 2.75) is 51.0 Å². The number of aromatic nitrogens is 1. The van der Waals surface area contributed by atoms with Gasteiger partial charge in [-0.25, -0.2) is 13.4 Å². The van der Waals surface area contributed by atoms with E-state index in [2.05, 4.69) is 21.9 Å². The van der Waals surface area contributed by atoms with Gasteiger partial charge in [0, 0.05) is 12.0 Å². The topological polar surface area (TPSA) is 97.4 Å². The Morgan fingerprint density at radius 1 is 1.15 bits per heavy atom. The molecule has 9 heteroatoms. The first kappa shape index (κ1) is 24.9. The summed E-state index contributed by atoms with van der Waals surface area (Å²) in [4.78, 5) is 17.5. The maximum Gasteiger partial charge on any atom is 0.261 e. The molecule has 176 valence electrons. The molecule has 2 N–H and O–H groups in total. The smallest absolute Gasteiger partial charge is 0.261 e. The van der Waals surface area contributed by atoms with Crippen molar-refractivity contribution in [2.75, 3.05) is 16.6 Å². The fraction of sp³-hybridized carbons (Fsp3) is 0.333. The van der Waals surface area contributed by atoms with Crippen molar-refractivity contribution >= 4 is 38.1 Å². The molecule has 0 aliphatic rings. The third-order valence-electron chi connectivity index (χ3n) is 5.01. The third kappa shape index (κ3) is 7.12. The summed E-state index contributed by atoms with van der Waals surface area (Å²) < 4.78 is 33.6. The predicted octanol–water partition coefficient (Wildman–Crippen LogP) is 5.25. The Kier molecular flexibility index (Phi) is 8.60. The summed E-state index contributed by atoms with van der Waals surface area (Å²) in [5, 5.41) is 5.18. The number of amides is 1. The number of ether oxygens (including phenoxy) is 1. The molecule has 1 amide bonds.